The Hall–Kier alpha value is -2.19. The van der Waals surface area contributed by atoms with Gasteiger partial charge in [-0.05, 0) is 63.4 Å². The van der Waals surface area contributed by atoms with Crippen molar-refractivity contribution in [3.63, 3.8) is 0 Å². The summed E-state index contributed by atoms with van der Waals surface area (Å²) in [6.45, 7) is 4.20. The van der Waals surface area contributed by atoms with Crippen LogP contribution in [0.25, 0.3) is 0 Å². The SMILES string of the molecule is O=C(NC[C@@H]([C@H]1CCOC1)N1CCCC1)Nc1ccc(F)c(NC(=O)C2CCCCC2)c1. The number of rotatable bonds is 7. The predicted octanol–water partition coefficient (Wildman–Crippen LogP) is 3.97. The van der Waals surface area contributed by atoms with Crippen LogP contribution >= 0.6 is 0 Å². The molecule has 1 aromatic carbocycles. The van der Waals surface area contributed by atoms with Crippen molar-refractivity contribution in [1.82, 2.24) is 10.2 Å². The van der Waals surface area contributed by atoms with Crippen LogP contribution in [0.3, 0.4) is 0 Å². The fraction of sp³-hybridized carbons (Fsp3) is 0.667. The third-order valence-electron chi connectivity index (χ3n) is 7.05. The van der Waals surface area contributed by atoms with Gasteiger partial charge < -0.3 is 20.7 Å². The number of hydrogen-bond acceptors (Lipinski definition) is 4. The molecular weight excluding hydrogens is 411 g/mol. The number of carbonyl (C=O) groups excluding carboxylic acids is 2. The molecule has 1 saturated carbocycles. The van der Waals surface area contributed by atoms with E-state index in [4.69, 9.17) is 4.74 Å². The summed E-state index contributed by atoms with van der Waals surface area (Å²) < 4.78 is 19.8. The molecule has 176 valence electrons. The highest BCUT2D eigenvalue weighted by Crippen LogP contribution is 2.27. The number of hydrogen-bond donors (Lipinski definition) is 3. The Labute approximate surface area is 189 Å². The van der Waals surface area contributed by atoms with E-state index in [9.17, 15) is 14.0 Å². The normalized spacial score (nSPS) is 23.1. The van der Waals surface area contributed by atoms with Crippen molar-refractivity contribution in [3.8, 4) is 0 Å². The van der Waals surface area contributed by atoms with Crippen LogP contribution in [0.4, 0.5) is 20.6 Å². The maximum Gasteiger partial charge on any atom is 0.319 e. The molecule has 2 heterocycles. The number of halogens is 1. The maximum absolute atomic E-state index is 14.3. The van der Waals surface area contributed by atoms with E-state index < -0.39 is 5.82 Å². The fourth-order valence-electron chi connectivity index (χ4n) is 5.19. The molecule has 0 bridgehead atoms. The molecule has 3 aliphatic rings. The van der Waals surface area contributed by atoms with Crippen molar-refractivity contribution in [2.75, 3.05) is 43.5 Å². The fourth-order valence-corrected chi connectivity index (χ4v) is 5.19. The topological polar surface area (TPSA) is 82.7 Å². The summed E-state index contributed by atoms with van der Waals surface area (Å²) in [6, 6.07) is 4.20. The average Bonchev–Trinajstić information content (AvgIpc) is 3.52. The van der Waals surface area contributed by atoms with Gasteiger partial charge in [0.1, 0.15) is 5.82 Å². The van der Waals surface area contributed by atoms with E-state index in [0.29, 0.717) is 18.2 Å². The monoisotopic (exact) mass is 446 g/mol. The number of carbonyl (C=O) groups is 2. The van der Waals surface area contributed by atoms with Crippen molar-refractivity contribution in [2.45, 2.75) is 57.4 Å². The number of amides is 3. The van der Waals surface area contributed by atoms with E-state index in [1.54, 1.807) is 0 Å². The second-order valence-electron chi connectivity index (χ2n) is 9.29. The zero-order valence-corrected chi connectivity index (χ0v) is 18.7. The molecule has 1 aliphatic carbocycles. The van der Waals surface area contributed by atoms with Gasteiger partial charge in [-0.1, -0.05) is 19.3 Å². The van der Waals surface area contributed by atoms with E-state index in [0.717, 1.165) is 64.8 Å². The van der Waals surface area contributed by atoms with Crippen molar-refractivity contribution >= 4 is 23.3 Å². The van der Waals surface area contributed by atoms with Crippen LogP contribution in [-0.4, -0.2) is 55.7 Å². The lowest BCUT2D eigenvalue weighted by Crippen LogP contribution is -2.48. The predicted molar refractivity (Wildman–Crippen MR) is 122 cm³/mol. The maximum atomic E-state index is 14.3. The second kappa shape index (κ2) is 11.1. The standard InChI is InChI=1S/C24H35FN4O3/c25-20-9-8-19(14-21(20)28-23(30)17-6-2-1-3-7-17)27-24(31)26-15-22(18-10-13-32-16-18)29-11-4-5-12-29/h8-9,14,17-18,22H,1-7,10-13,15-16H2,(H,28,30)(H2,26,27,31)/t18-,22-/m0/s1. The quantitative estimate of drug-likeness (QED) is 0.592. The highest BCUT2D eigenvalue weighted by Gasteiger charge is 2.32. The van der Waals surface area contributed by atoms with Gasteiger partial charge in [0.25, 0.3) is 0 Å². The van der Waals surface area contributed by atoms with E-state index in [1.165, 1.54) is 31.0 Å². The van der Waals surface area contributed by atoms with E-state index in [2.05, 4.69) is 20.9 Å². The zero-order chi connectivity index (χ0) is 22.3. The first-order chi connectivity index (χ1) is 15.6. The largest absolute Gasteiger partial charge is 0.381 e. The minimum absolute atomic E-state index is 0.0647. The Morgan fingerprint density at radius 1 is 1.06 bits per heavy atom. The summed E-state index contributed by atoms with van der Waals surface area (Å²) in [6.07, 6.45) is 8.32. The number of ether oxygens (including phenoxy) is 1. The van der Waals surface area contributed by atoms with Crippen LogP contribution in [0.15, 0.2) is 18.2 Å². The molecule has 3 fully saturated rings. The molecule has 8 heteroatoms. The Morgan fingerprint density at radius 2 is 1.84 bits per heavy atom. The summed E-state index contributed by atoms with van der Waals surface area (Å²) in [5.41, 5.74) is 0.557. The van der Waals surface area contributed by atoms with Gasteiger partial charge >= 0.3 is 6.03 Å². The van der Waals surface area contributed by atoms with Gasteiger partial charge in [-0.25, -0.2) is 9.18 Å². The molecule has 2 aliphatic heterocycles. The molecule has 3 amide bonds. The van der Waals surface area contributed by atoms with Gasteiger partial charge in [0.2, 0.25) is 5.91 Å². The lowest BCUT2D eigenvalue weighted by atomic mass is 9.88. The molecule has 2 atom stereocenters. The van der Waals surface area contributed by atoms with Crippen LogP contribution in [0, 0.1) is 17.7 Å². The highest BCUT2D eigenvalue weighted by atomic mass is 19.1. The summed E-state index contributed by atoms with van der Waals surface area (Å²) in [5.74, 6) is -0.279. The molecule has 0 aromatic heterocycles. The lowest BCUT2D eigenvalue weighted by molar-refractivity contribution is -0.120. The van der Waals surface area contributed by atoms with Crippen molar-refractivity contribution in [1.29, 1.82) is 0 Å². The summed E-state index contributed by atoms with van der Waals surface area (Å²) in [4.78, 5) is 27.5. The second-order valence-corrected chi connectivity index (χ2v) is 9.29. The van der Waals surface area contributed by atoms with E-state index >= 15 is 0 Å². The molecule has 7 nitrogen and oxygen atoms in total. The van der Waals surface area contributed by atoms with Crippen LogP contribution in [0.2, 0.25) is 0 Å². The zero-order valence-electron chi connectivity index (χ0n) is 18.7. The molecule has 2 saturated heterocycles. The van der Waals surface area contributed by atoms with Gasteiger partial charge in [0, 0.05) is 36.7 Å². The van der Waals surface area contributed by atoms with Gasteiger partial charge in [-0.2, -0.15) is 0 Å². The first-order valence-corrected chi connectivity index (χ1v) is 12.1. The van der Waals surface area contributed by atoms with E-state index in [1.807, 2.05) is 0 Å². The van der Waals surface area contributed by atoms with Crippen molar-refractivity contribution < 1.29 is 18.7 Å². The smallest absolute Gasteiger partial charge is 0.319 e. The minimum Gasteiger partial charge on any atom is -0.381 e. The molecule has 1 aromatic rings. The van der Waals surface area contributed by atoms with Crippen LogP contribution < -0.4 is 16.0 Å². The number of nitrogens with zero attached hydrogens (tertiary/aromatic N) is 1. The minimum atomic E-state index is -0.504. The first kappa shape index (κ1) is 23.0. The molecule has 0 spiro atoms. The van der Waals surface area contributed by atoms with E-state index in [-0.39, 0.29) is 29.6 Å². The van der Waals surface area contributed by atoms with Crippen LogP contribution in [0.1, 0.15) is 51.4 Å². The molecule has 3 N–H and O–H groups in total. The third kappa shape index (κ3) is 5.98. The first-order valence-electron chi connectivity index (χ1n) is 12.1. The van der Waals surface area contributed by atoms with Gasteiger partial charge in [0.15, 0.2) is 0 Å². The number of nitrogens with one attached hydrogen (secondary N) is 3. The summed E-state index contributed by atoms with van der Waals surface area (Å²) in [7, 11) is 0. The number of urea groups is 1. The Kier molecular flexibility index (Phi) is 7.97. The van der Waals surface area contributed by atoms with Crippen LogP contribution in [0.5, 0.6) is 0 Å². The third-order valence-corrected chi connectivity index (χ3v) is 7.05. The number of benzene rings is 1. The molecule has 0 radical (unpaired) electrons. The van der Waals surface area contributed by atoms with Gasteiger partial charge in [0.05, 0.1) is 12.3 Å². The highest BCUT2D eigenvalue weighted by molar-refractivity contribution is 5.94. The van der Waals surface area contributed by atoms with Crippen molar-refractivity contribution in [3.05, 3.63) is 24.0 Å². The Bertz CT molecular complexity index is 771. The molecule has 0 unspecified atom stereocenters. The van der Waals surface area contributed by atoms with Gasteiger partial charge in [-0.3, -0.25) is 9.69 Å². The van der Waals surface area contributed by atoms with Crippen molar-refractivity contribution in [2.24, 2.45) is 11.8 Å². The molecule has 32 heavy (non-hydrogen) atoms. The number of likely N-dealkylation sites (tertiary alicyclic amines) is 1. The van der Waals surface area contributed by atoms with Crippen LogP contribution in [-0.2, 0) is 9.53 Å². The number of anilines is 2. The summed E-state index contributed by atoms with van der Waals surface area (Å²) >= 11 is 0. The summed E-state index contributed by atoms with van der Waals surface area (Å²) in [5, 5.41) is 8.48. The lowest BCUT2D eigenvalue weighted by Gasteiger charge is -2.32. The molecule has 4 rings (SSSR count). The van der Waals surface area contributed by atoms with Gasteiger partial charge in [-0.15, -0.1) is 0 Å². The Morgan fingerprint density at radius 3 is 2.56 bits per heavy atom. The Balaban J connectivity index is 1.32. The molecular formula is C24H35FN4O3. The average molecular weight is 447 g/mol.